The first-order chi connectivity index (χ1) is 14.0. The van der Waals surface area contributed by atoms with E-state index in [0.29, 0.717) is 11.9 Å². The summed E-state index contributed by atoms with van der Waals surface area (Å²) in [5.74, 6) is 0.640. The Balaban J connectivity index is 1.53. The predicted octanol–water partition coefficient (Wildman–Crippen LogP) is 3.56. The number of likely N-dealkylation sites (N-methyl/N-ethyl adjacent to an activating group) is 1. The van der Waals surface area contributed by atoms with E-state index in [0.717, 1.165) is 53.1 Å². The second-order valence-corrected chi connectivity index (χ2v) is 7.96. The van der Waals surface area contributed by atoms with Crippen molar-refractivity contribution in [1.29, 1.82) is 0 Å². The van der Waals surface area contributed by atoms with Crippen LogP contribution in [0.15, 0.2) is 57.9 Å². The Hall–Kier alpha value is -3.12. The molecule has 4 heterocycles. The number of pyridine rings is 2. The number of fused-ring (bicyclic) bond motifs is 2. The van der Waals surface area contributed by atoms with Gasteiger partial charge in [-0.3, -0.25) is 9.20 Å². The lowest BCUT2D eigenvalue weighted by Gasteiger charge is -2.39. The number of nitrogens with zero attached hydrogens (tertiary/aromatic N) is 4. The number of piperazine rings is 1. The minimum atomic E-state index is -0.0321. The lowest BCUT2D eigenvalue weighted by Crippen LogP contribution is -2.50. The standard InChI is InChI=1S/C23H24N4O2/c1-15-13-26(9-8-25(15)3)20-6-5-19-10-18(12-23(28)27(19)14-20)17-4-7-21-22(11-17)29-16(2)24-21/h4-7,10-12,14-15H,8-9,13H2,1-3H3/t15-/m0/s1. The van der Waals surface area contributed by atoms with Gasteiger partial charge in [0, 0.05) is 50.4 Å². The number of aryl methyl sites for hydroxylation is 1. The van der Waals surface area contributed by atoms with E-state index in [2.05, 4.69) is 34.8 Å². The highest BCUT2D eigenvalue weighted by molar-refractivity contribution is 5.81. The van der Waals surface area contributed by atoms with Gasteiger partial charge in [0.1, 0.15) is 5.52 Å². The van der Waals surface area contributed by atoms with Crippen LogP contribution in [0.3, 0.4) is 0 Å². The average Bonchev–Trinajstić information content (AvgIpc) is 3.09. The molecule has 1 aromatic carbocycles. The molecule has 1 aliphatic rings. The monoisotopic (exact) mass is 388 g/mol. The first-order valence-electron chi connectivity index (χ1n) is 9.97. The van der Waals surface area contributed by atoms with Gasteiger partial charge in [0.15, 0.2) is 11.5 Å². The zero-order valence-electron chi connectivity index (χ0n) is 16.9. The van der Waals surface area contributed by atoms with E-state index < -0.39 is 0 Å². The van der Waals surface area contributed by atoms with Crippen LogP contribution >= 0.6 is 0 Å². The van der Waals surface area contributed by atoms with Gasteiger partial charge in [-0.15, -0.1) is 0 Å². The van der Waals surface area contributed by atoms with Crippen molar-refractivity contribution in [3.63, 3.8) is 0 Å². The highest BCUT2D eigenvalue weighted by atomic mass is 16.3. The zero-order valence-corrected chi connectivity index (χ0v) is 16.9. The molecule has 0 aliphatic carbocycles. The van der Waals surface area contributed by atoms with Gasteiger partial charge in [0.05, 0.1) is 5.69 Å². The molecule has 1 fully saturated rings. The summed E-state index contributed by atoms with van der Waals surface area (Å²) in [5.41, 5.74) is 5.33. The summed E-state index contributed by atoms with van der Waals surface area (Å²) in [4.78, 5) is 21.9. The molecule has 0 N–H and O–H groups in total. The summed E-state index contributed by atoms with van der Waals surface area (Å²) in [6.45, 7) is 7.02. The summed E-state index contributed by atoms with van der Waals surface area (Å²) in [7, 11) is 2.16. The first-order valence-corrected chi connectivity index (χ1v) is 9.97. The van der Waals surface area contributed by atoms with Gasteiger partial charge in [0.2, 0.25) is 0 Å². The molecule has 0 amide bonds. The van der Waals surface area contributed by atoms with Crippen molar-refractivity contribution in [3.05, 3.63) is 64.9 Å². The van der Waals surface area contributed by atoms with Crippen molar-refractivity contribution in [3.8, 4) is 11.1 Å². The molecule has 6 nitrogen and oxygen atoms in total. The third-order valence-corrected chi connectivity index (χ3v) is 5.94. The van der Waals surface area contributed by atoms with Gasteiger partial charge in [-0.25, -0.2) is 4.98 Å². The molecule has 1 aliphatic heterocycles. The Morgan fingerprint density at radius 3 is 2.76 bits per heavy atom. The maximum atomic E-state index is 12.9. The number of aromatic nitrogens is 2. The van der Waals surface area contributed by atoms with Gasteiger partial charge < -0.3 is 14.2 Å². The van der Waals surface area contributed by atoms with Crippen LogP contribution in [0, 0.1) is 6.92 Å². The van der Waals surface area contributed by atoms with Crippen molar-refractivity contribution < 1.29 is 4.42 Å². The van der Waals surface area contributed by atoms with Crippen LogP contribution in [0.1, 0.15) is 12.8 Å². The van der Waals surface area contributed by atoms with E-state index in [4.69, 9.17) is 4.42 Å². The molecule has 6 heteroatoms. The average molecular weight is 388 g/mol. The largest absolute Gasteiger partial charge is 0.441 e. The molecule has 148 valence electrons. The molecule has 3 aromatic heterocycles. The quantitative estimate of drug-likeness (QED) is 0.526. The summed E-state index contributed by atoms with van der Waals surface area (Å²) in [6.07, 6.45) is 1.96. The molecule has 1 saturated heterocycles. The molecule has 0 spiro atoms. The van der Waals surface area contributed by atoms with E-state index >= 15 is 0 Å². The Morgan fingerprint density at radius 1 is 1.07 bits per heavy atom. The lowest BCUT2D eigenvalue weighted by molar-refractivity contribution is 0.234. The SMILES string of the molecule is Cc1nc2ccc(-c3cc(=O)n4cc(N5CCN(C)[C@@H](C)C5)ccc4c3)cc2o1. The normalized spacial score (nSPS) is 18.0. The zero-order chi connectivity index (χ0) is 20.1. The molecule has 4 aromatic rings. The smallest absolute Gasteiger partial charge is 0.255 e. The fourth-order valence-electron chi connectivity index (χ4n) is 4.07. The molecule has 0 saturated carbocycles. The van der Waals surface area contributed by atoms with Crippen LogP contribution in [0.5, 0.6) is 0 Å². The van der Waals surface area contributed by atoms with Crippen molar-refractivity contribution >= 4 is 22.3 Å². The van der Waals surface area contributed by atoms with Crippen LogP contribution in [0.25, 0.3) is 27.7 Å². The van der Waals surface area contributed by atoms with Crippen LogP contribution in [0.4, 0.5) is 5.69 Å². The third-order valence-electron chi connectivity index (χ3n) is 5.94. The molecular formula is C23H24N4O2. The minimum absolute atomic E-state index is 0.0321. The third kappa shape index (κ3) is 3.19. The van der Waals surface area contributed by atoms with E-state index in [1.54, 1.807) is 10.5 Å². The summed E-state index contributed by atoms with van der Waals surface area (Å²) in [5, 5.41) is 0. The number of hydrogen-bond donors (Lipinski definition) is 0. The van der Waals surface area contributed by atoms with E-state index in [1.807, 2.05) is 43.5 Å². The Kier molecular flexibility index (Phi) is 4.17. The number of rotatable bonds is 2. The second-order valence-electron chi connectivity index (χ2n) is 7.96. The highest BCUT2D eigenvalue weighted by Gasteiger charge is 2.21. The van der Waals surface area contributed by atoms with Crippen molar-refractivity contribution in [2.45, 2.75) is 19.9 Å². The van der Waals surface area contributed by atoms with E-state index in [-0.39, 0.29) is 5.56 Å². The van der Waals surface area contributed by atoms with Crippen LogP contribution < -0.4 is 10.5 Å². The fraction of sp³-hybridized carbons (Fsp3) is 0.304. The van der Waals surface area contributed by atoms with Crippen LogP contribution in [-0.2, 0) is 0 Å². The maximum Gasteiger partial charge on any atom is 0.255 e. The molecular weight excluding hydrogens is 364 g/mol. The van der Waals surface area contributed by atoms with Crippen molar-refractivity contribution in [2.75, 3.05) is 31.6 Å². The van der Waals surface area contributed by atoms with Crippen LogP contribution in [-0.4, -0.2) is 47.0 Å². The maximum absolute atomic E-state index is 12.9. The summed E-state index contributed by atoms with van der Waals surface area (Å²) in [6, 6.07) is 14.2. The van der Waals surface area contributed by atoms with E-state index in [1.165, 1.54) is 0 Å². The Labute approximate surface area is 169 Å². The highest BCUT2D eigenvalue weighted by Crippen LogP contribution is 2.26. The number of anilines is 1. The molecule has 0 unspecified atom stereocenters. The van der Waals surface area contributed by atoms with Gasteiger partial charge in [-0.1, -0.05) is 6.07 Å². The topological polar surface area (TPSA) is 54.0 Å². The molecule has 0 radical (unpaired) electrons. The van der Waals surface area contributed by atoms with Gasteiger partial charge >= 0.3 is 0 Å². The van der Waals surface area contributed by atoms with E-state index in [9.17, 15) is 4.79 Å². The number of benzene rings is 1. The van der Waals surface area contributed by atoms with Gasteiger partial charge in [-0.05, 0) is 55.4 Å². The summed E-state index contributed by atoms with van der Waals surface area (Å²) < 4.78 is 7.38. The van der Waals surface area contributed by atoms with Crippen LogP contribution in [0.2, 0.25) is 0 Å². The number of hydrogen-bond acceptors (Lipinski definition) is 5. The van der Waals surface area contributed by atoms with Gasteiger partial charge in [0.25, 0.3) is 5.56 Å². The minimum Gasteiger partial charge on any atom is -0.441 e. The molecule has 1 atom stereocenters. The van der Waals surface area contributed by atoms with Crippen molar-refractivity contribution in [1.82, 2.24) is 14.3 Å². The molecule has 0 bridgehead atoms. The Bertz CT molecular complexity index is 1270. The lowest BCUT2D eigenvalue weighted by atomic mass is 10.1. The first kappa shape index (κ1) is 17.9. The summed E-state index contributed by atoms with van der Waals surface area (Å²) >= 11 is 0. The Morgan fingerprint density at radius 2 is 1.93 bits per heavy atom. The predicted molar refractivity (Wildman–Crippen MR) is 116 cm³/mol. The molecule has 29 heavy (non-hydrogen) atoms. The van der Waals surface area contributed by atoms with Gasteiger partial charge in [-0.2, -0.15) is 0 Å². The number of oxazole rings is 1. The second kappa shape index (κ2) is 6.74. The van der Waals surface area contributed by atoms with Crippen molar-refractivity contribution in [2.24, 2.45) is 0 Å². The fourth-order valence-corrected chi connectivity index (χ4v) is 4.07. The molecule has 5 rings (SSSR count).